The van der Waals surface area contributed by atoms with Gasteiger partial charge in [-0.15, -0.1) is 0 Å². The molecule has 0 saturated carbocycles. The molecule has 0 aliphatic rings. The summed E-state index contributed by atoms with van der Waals surface area (Å²) in [6.45, 7) is 2.70. The van der Waals surface area contributed by atoms with Crippen molar-refractivity contribution in [1.29, 1.82) is 0 Å². The van der Waals surface area contributed by atoms with Gasteiger partial charge >= 0.3 is 0 Å². The van der Waals surface area contributed by atoms with E-state index in [0.29, 0.717) is 40.5 Å². The van der Waals surface area contributed by atoms with Crippen LogP contribution in [0.3, 0.4) is 0 Å². The molecule has 1 amide bonds. The number of nitrogens with one attached hydrogen (secondary N) is 1. The Bertz CT molecular complexity index is 1280. The van der Waals surface area contributed by atoms with Crippen molar-refractivity contribution in [1.82, 2.24) is 10.4 Å². The van der Waals surface area contributed by atoms with Crippen LogP contribution in [0.1, 0.15) is 18.1 Å². The van der Waals surface area contributed by atoms with Crippen LogP contribution in [0.2, 0.25) is 5.02 Å². The number of hydrogen-bond donors (Lipinski definition) is 1. The van der Waals surface area contributed by atoms with E-state index in [1.165, 1.54) is 11.8 Å². The van der Waals surface area contributed by atoms with Gasteiger partial charge < -0.3 is 13.9 Å². The largest absolute Gasteiger partial charge is 0.490 e. The van der Waals surface area contributed by atoms with Crippen molar-refractivity contribution in [3.8, 4) is 11.5 Å². The summed E-state index contributed by atoms with van der Waals surface area (Å²) in [5.74, 6) is 1.03. The number of ether oxygens (including phenoxy) is 2. The van der Waals surface area contributed by atoms with E-state index < -0.39 is 0 Å². The van der Waals surface area contributed by atoms with Gasteiger partial charge in [0.1, 0.15) is 12.1 Å². The number of hydrogen-bond acceptors (Lipinski definition) is 7. The predicted molar refractivity (Wildman–Crippen MR) is 134 cm³/mol. The molecule has 0 atom stereocenters. The van der Waals surface area contributed by atoms with Crippen LogP contribution in [0.25, 0.3) is 11.1 Å². The number of carbonyl (C=O) groups excluding carboxylic acids is 1. The number of carbonyl (C=O) groups is 1. The zero-order valence-electron chi connectivity index (χ0n) is 18.4. The molecule has 1 N–H and O–H groups in total. The van der Waals surface area contributed by atoms with Gasteiger partial charge in [-0.1, -0.05) is 53.7 Å². The van der Waals surface area contributed by atoms with Gasteiger partial charge in [-0.2, -0.15) is 5.10 Å². The first-order valence-electron chi connectivity index (χ1n) is 10.6. The maximum absolute atomic E-state index is 12.1. The van der Waals surface area contributed by atoms with Crippen LogP contribution in [0.5, 0.6) is 11.5 Å². The molecule has 0 radical (unpaired) electrons. The van der Waals surface area contributed by atoms with Gasteiger partial charge in [-0.25, -0.2) is 10.4 Å². The van der Waals surface area contributed by atoms with Crippen LogP contribution >= 0.6 is 23.4 Å². The van der Waals surface area contributed by atoms with Gasteiger partial charge in [0.25, 0.3) is 11.1 Å². The fourth-order valence-corrected chi connectivity index (χ4v) is 3.84. The molecule has 34 heavy (non-hydrogen) atoms. The number of fused-ring (bicyclic) bond motifs is 1. The highest BCUT2D eigenvalue weighted by Gasteiger charge is 2.10. The lowest BCUT2D eigenvalue weighted by molar-refractivity contribution is -0.118. The molecule has 3 aromatic carbocycles. The normalized spacial score (nSPS) is 11.1. The summed E-state index contributed by atoms with van der Waals surface area (Å²) in [4.78, 5) is 16.5. The molecule has 174 valence electrons. The summed E-state index contributed by atoms with van der Waals surface area (Å²) in [5, 5.41) is 5.12. The topological polar surface area (TPSA) is 86.0 Å². The van der Waals surface area contributed by atoms with Crippen molar-refractivity contribution in [2.75, 3.05) is 12.4 Å². The van der Waals surface area contributed by atoms with Crippen molar-refractivity contribution in [2.24, 2.45) is 5.10 Å². The third-order valence-electron chi connectivity index (χ3n) is 4.61. The number of hydrazone groups is 1. The lowest BCUT2D eigenvalue weighted by atomic mass is 10.2. The SMILES string of the molecule is CCOc1cc(/C=N\NC(=O)CSc2nc3ccccc3o2)ccc1OCc1ccccc1Cl. The molecule has 0 aliphatic carbocycles. The maximum atomic E-state index is 12.1. The average molecular weight is 496 g/mol. The van der Waals surface area contributed by atoms with Crippen LogP contribution in [0, 0.1) is 0 Å². The fraction of sp³-hybridized carbons (Fsp3) is 0.160. The molecule has 0 unspecified atom stereocenters. The summed E-state index contributed by atoms with van der Waals surface area (Å²) in [5.41, 5.74) is 5.59. The van der Waals surface area contributed by atoms with E-state index in [2.05, 4.69) is 15.5 Å². The van der Waals surface area contributed by atoms with Crippen molar-refractivity contribution < 1.29 is 18.7 Å². The van der Waals surface area contributed by atoms with Crippen LogP contribution in [0.15, 0.2) is 81.5 Å². The molecule has 7 nitrogen and oxygen atoms in total. The number of halogens is 1. The fourth-order valence-electron chi connectivity index (χ4n) is 3.01. The summed E-state index contributed by atoms with van der Waals surface area (Å²) in [7, 11) is 0. The van der Waals surface area contributed by atoms with E-state index in [1.54, 1.807) is 18.3 Å². The Morgan fingerprint density at radius 1 is 1.12 bits per heavy atom. The summed E-state index contributed by atoms with van der Waals surface area (Å²) in [6, 6.07) is 20.4. The van der Waals surface area contributed by atoms with Crippen molar-refractivity contribution in [2.45, 2.75) is 18.8 Å². The number of oxazole rings is 1. The second-order valence-electron chi connectivity index (χ2n) is 7.05. The average Bonchev–Trinajstić information content (AvgIpc) is 3.26. The molecule has 9 heteroatoms. The standard InChI is InChI=1S/C25H22ClN3O4S/c1-2-31-23-13-17(11-12-22(23)32-15-18-7-3-4-8-19(18)26)14-27-29-24(30)16-34-25-28-20-9-5-6-10-21(20)33-25/h3-14H,2,15-16H2,1H3,(H,29,30)/b27-14-. The Labute approximate surface area is 206 Å². The highest BCUT2D eigenvalue weighted by molar-refractivity contribution is 7.99. The smallest absolute Gasteiger partial charge is 0.257 e. The predicted octanol–water partition coefficient (Wildman–Crippen LogP) is 5.70. The number of aromatic nitrogens is 1. The Balaban J connectivity index is 1.32. The molecule has 0 saturated heterocycles. The number of nitrogens with zero attached hydrogens (tertiary/aromatic N) is 2. The minimum atomic E-state index is -0.270. The lowest BCUT2D eigenvalue weighted by Crippen LogP contribution is -2.19. The van der Waals surface area contributed by atoms with Crippen LogP contribution in [-0.4, -0.2) is 29.5 Å². The number of rotatable bonds is 10. The Hall–Kier alpha value is -3.49. The van der Waals surface area contributed by atoms with Gasteiger partial charge in [-0.3, -0.25) is 4.79 Å². The first-order valence-corrected chi connectivity index (χ1v) is 11.9. The van der Waals surface area contributed by atoms with E-state index in [4.69, 9.17) is 25.5 Å². The summed E-state index contributed by atoms with van der Waals surface area (Å²) < 4.78 is 17.2. The molecule has 0 aliphatic heterocycles. The number of amides is 1. The molecule has 4 aromatic rings. The van der Waals surface area contributed by atoms with Crippen LogP contribution in [-0.2, 0) is 11.4 Å². The van der Waals surface area contributed by atoms with Gasteiger partial charge in [0.2, 0.25) is 0 Å². The molecule has 0 spiro atoms. The van der Waals surface area contributed by atoms with Crippen LogP contribution in [0.4, 0.5) is 0 Å². The summed E-state index contributed by atoms with van der Waals surface area (Å²) >= 11 is 7.41. The van der Waals surface area contributed by atoms with Gasteiger partial charge in [0, 0.05) is 10.6 Å². The first-order chi connectivity index (χ1) is 16.6. The highest BCUT2D eigenvalue weighted by Crippen LogP contribution is 2.29. The Morgan fingerprint density at radius 2 is 1.94 bits per heavy atom. The maximum Gasteiger partial charge on any atom is 0.257 e. The van der Waals surface area contributed by atoms with E-state index in [0.717, 1.165) is 16.6 Å². The van der Waals surface area contributed by atoms with Crippen molar-refractivity contribution in [3.63, 3.8) is 0 Å². The number of benzene rings is 3. The van der Waals surface area contributed by atoms with Gasteiger partial charge in [0.15, 0.2) is 17.1 Å². The van der Waals surface area contributed by atoms with E-state index in [9.17, 15) is 4.79 Å². The molecule has 0 bridgehead atoms. The third-order valence-corrected chi connectivity index (χ3v) is 5.81. The second kappa shape index (κ2) is 11.6. The van der Waals surface area contributed by atoms with E-state index >= 15 is 0 Å². The molecule has 1 aromatic heterocycles. The molecular formula is C25H22ClN3O4S. The van der Waals surface area contributed by atoms with Crippen molar-refractivity contribution in [3.05, 3.63) is 82.9 Å². The van der Waals surface area contributed by atoms with Crippen molar-refractivity contribution >= 4 is 46.6 Å². The number of para-hydroxylation sites is 2. The number of thioether (sulfide) groups is 1. The third kappa shape index (κ3) is 6.30. The Kier molecular flexibility index (Phi) is 8.06. The first kappa shape index (κ1) is 23.7. The summed E-state index contributed by atoms with van der Waals surface area (Å²) in [6.07, 6.45) is 1.54. The zero-order valence-corrected chi connectivity index (χ0v) is 19.9. The minimum Gasteiger partial charge on any atom is -0.490 e. The van der Waals surface area contributed by atoms with Gasteiger partial charge in [-0.05, 0) is 48.9 Å². The highest BCUT2D eigenvalue weighted by atomic mass is 35.5. The Morgan fingerprint density at radius 3 is 2.76 bits per heavy atom. The monoisotopic (exact) mass is 495 g/mol. The molecular weight excluding hydrogens is 474 g/mol. The lowest BCUT2D eigenvalue weighted by Gasteiger charge is -2.13. The van der Waals surface area contributed by atoms with E-state index in [1.807, 2.05) is 61.5 Å². The minimum absolute atomic E-state index is 0.128. The van der Waals surface area contributed by atoms with Gasteiger partial charge in [0.05, 0.1) is 18.6 Å². The second-order valence-corrected chi connectivity index (χ2v) is 8.38. The molecule has 4 rings (SSSR count). The zero-order chi connectivity index (χ0) is 23.8. The van der Waals surface area contributed by atoms with E-state index in [-0.39, 0.29) is 11.7 Å². The quantitative estimate of drug-likeness (QED) is 0.172. The molecule has 0 fully saturated rings. The van der Waals surface area contributed by atoms with Crippen LogP contribution < -0.4 is 14.9 Å². The molecule has 1 heterocycles.